The molecule has 0 saturated carbocycles. The van der Waals surface area contributed by atoms with Gasteiger partial charge in [-0.2, -0.15) is 4.31 Å². The third-order valence-corrected chi connectivity index (χ3v) is 9.07. The fraction of sp³-hybridized carbons (Fsp3) is 0.345. The molecule has 2 aliphatic rings. The zero-order valence-corrected chi connectivity index (χ0v) is 22.0. The van der Waals surface area contributed by atoms with Gasteiger partial charge >= 0.3 is 0 Å². The molecule has 1 fully saturated rings. The monoisotopic (exact) mass is 519 g/mol. The van der Waals surface area contributed by atoms with Gasteiger partial charge in [-0.25, -0.2) is 8.42 Å². The number of piperidine rings is 1. The maximum atomic E-state index is 13.3. The first-order chi connectivity index (χ1) is 18.0. The van der Waals surface area contributed by atoms with E-state index >= 15 is 0 Å². The molecule has 0 aliphatic carbocycles. The Morgan fingerprint density at radius 3 is 2.43 bits per heavy atom. The van der Waals surface area contributed by atoms with Gasteiger partial charge in [0.05, 0.1) is 7.11 Å². The van der Waals surface area contributed by atoms with Gasteiger partial charge in [0.2, 0.25) is 10.0 Å². The predicted octanol–water partition coefficient (Wildman–Crippen LogP) is 5.07. The summed E-state index contributed by atoms with van der Waals surface area (Å²) in [6, 6.07) is 20.9. The lowest BCUT2D eigenvalue weighted by atomic mass is 10.0. The van der Waals surface area contributed by atoms with Crippen LogP contribution in [0.2, 0.25) is 0 Å². The molecule has 0 spiro atoms. The molecule has 0 aromatic heterocycles. The van der Waals surface area contributed by atoms with Crippen LogP contribution < -0.4 is 15.0 Å². The molecular weight excluding hydrogens is 486 g/mol. The highest BCUT2D eigenvalue weighted by Gasteiger charge is 2.29. The van der Waals surface area contributed by atoms with Crippen LogP contribution in [0.1, 0.15) is 47.2 Å². The molecule has 5 rings (SSSR count). The Balaban J connectivity index is 1.29. The van der Waals surface area contributed by atoms with E-state index in [-0.39, 0.29) is 16.6 Å². The van der Waals surface area contributed by atoms with E-state index in [0.29, 0.717) is 24.3 Å². The van der Waals surface area contributed by atoms with Gasteiger partial charge in [0.15, 0.2) is 0 Å². The van der Waals surface area contributed by atoms with Gasteiger partial charge in [-0.1, -0.05) is 36.8 Å². The number of anilines is 2. The molecule has 2 aliphatic heterocycles. The molecule has 0 unspecified atom stereocenters. The van der Waals surface area contributed by atoms with Crippen molar-refractivity contribution in [1.82, 2.24) is 4.31 Å². The second-order valence-electron chi connectivity index (χ2n) is 9.64. The molecule has 1 amide bonds. The van der Waals surface area contributed by atoms with Crippen molar-refractivity contribution >= 4 is 27.3 Å². The Bertz CT molecular complexity index is 1370. The van der Waals surface area contributed by atoms with E-state index in [1.807, 2.05) is 24.3 Å². The molecule has 3 aromatic carbocycles. The van der Waals surface area contributed by atoms with E-state index < -0.39 is 10.0 Å². The summed E-state index contributed by atoms with van der Waals surface area (Å²) in [4.78, 5) is 15.4. The Kier molecular flexibility index (Phi) is 7.48. The Labute approximate surface area is 219 Å². The standard InChI is InChI=1S/C29H33N3O4S/c1-36-27-16-15-25(20-28(27)37(34,35)32-18-5-2-6-19-32)30-29(33)24-13-11-22(12-14-24)21-31-17-7-9-23-8-3-4-10-26(23)31/h3-4,8,10-16,20H,2,5-7,9,17-19,21H2,1H3,(H,30,33). The fourth-order valence-electron chi connectivity index (χ4n) is 5.16. The minimum Gasteiger partial charge on any atom is -0.495 e. The molecule has 37 heavy (non-hydrogen) atoms. The maximum Gasteiger partial charge on any atom is 0.255 e. The minimum absolute atomic E-state index is 0.0758. The van der Waals surface area contributed by atoms with Crippen molar-refractivity contribution in [2.24, 2.45) is 0 Å². The predicted molar refractivity (Wildman–Crippen MR) is 146 cm³/mol. The van der Waals surface area contributed by atoms with Gasteiger partial charge in [-0.05, 0) is 73.2 Å². The van der Waals surface area contributed by atoms with Crippen LogP contribution in [0, 0.1) is 0 Å². The number of nitrogens with zero attached hydrogens (tertiary/aromatic N) is 2. The lowest BCUT2D eigenvalue weighted by molar-refractivity contribution is 0.102. The largest absolute Gasteiger partial charge is 0.495 e. The van der Waals surface area contributed by atoms with Crippen molar-refractivity contribution in [3.63, 3.8) is 0 Å². The van der Waals surface area contributed by atoms with Crippen LogP contribution >= 0.6 is 0 Å². The summed E-state index contributed by atoms with van der Waals surface area (Å²) in [5.74, 6) is -0.0198. The second kappa shape index (κ2) is 10.9. The Hall–Kier alpha value is -3.36. The number of carbonyl (C=O) groups is 1. The summed E-state index contributed by atoms with van der Waals surface area (Å²) in [7, 11) is -2.27. The highest BCUT2D eigenvalue weighted by Crippen LogP contribution is 2.32. The van der Waals surface area contributed by atoms with Crippen molar-refractivity contribution in [2.45, 2.75) is 43.5 Å². The van der Waals surface area contributed by atoms with E-state index in [1.54, 1.807) is 12.1 Å². The van der Waals surface area contributed by atoms with Crippen molar-refractivity contribution in [1.29, 1.82) is 0 Å². The lowest BCUT2D eigenvalue weighted by Gasteiger charge is -2.31. The average molecular weight is 520 g/mol. The number of hydrogen-bond donors (Lipinski definition) is 1. The number of carbonyl (C=O) groups excluding carboxylic acids is 1. The van der Waals surface area contributed by atoms with Crippen molar-refractivity contribution in [2.75, 3.05) is 37.0 Å². The number of aryl methyl sites for hydroxylation is 1. The molecule has 1 N–H and O–H groups in total. The van der Waals surface area contributed by atoms with Gasteiger partial charge in [0.1, 0.15) is 10.6 Å². The lowest BCUT2D eigenvalue weighted by Crippen LogP contribution is -2.35. The zero-order valence-electron chi connectivity index (χ0n) is 21.2. The van der Waals surface area contributed by atoms with Gasteiger partial charge in [-0.3, -0.25) is 4.79 Å². The molecule has 7 nitrogen and oxygen atoms in total. The summed E-state index contributed by atoms with van der Waals surface area (Å²) >= 11 is 0. The molecule has 194 valence electrons. The van der Waals surface area contributed by atoms with Gasteiger partial charge in [0, 0.05) is 43.1 Å². The molecule has 1 saturated heterocycles. The first-order valence-electron chi connectivity index (χ1n) is 12.9. The van der Waals surface area contributed by atoms with Gasteiger partial charge in [0.25, 0.3) is 5.91 Å². The molecule has 2 heterocycles. The van der Waals surface area contributed by atoms with Gasteiger partial charge in [-0.15, -0.1) is 0 Å². The molecule has 0 atom stereocenters. The first-order valence-corrected chi connectivity index (χ1v) is 14.3. The highest BCUT2D eigenvalue weighted by atomic mass is 32.2. The smallest absolute Gasteiger partial charge is 0.255 e. The minimum atomic E-state index is -3.72. The highest BCUT2D eigenvalue weighted by molar-refractivity contribution is 7.89. The summed E-state index contributed by atoms with van der Waals surface area (Å²) < 4.78 is 33.4. The molecule has 0 radical (unpaired) electrons. The van der Waals surface area contributed by atoms with Crippen LogP contribution in [0.25, 0.3) is 0 Å². The number of fused-ring (bicyclic) bond motifs is 1. The van der Waals surface area contributed by atoms with E-state index in [2.05, 4.69) is 34.5 Å². The summed E-state index contributed by atoms with van der Waals surface area (Å²) in [5.41, 5.74) is 4.72. The summed E-state index contributed by atoms with van der Waals surface area (Å²) in [6.07, 6.45) is 4.97. The van der Waals surface area contributed by atoms with E-state index in [1.165, 1.54) is 28.7 Å². The normalized spacial score (nSPS) is 16.2. The van der Waals surface area contributed by atoms with Crippen LogP contribution in [0.5, 0.6) is 5.75 Å². The molecule has 8 heteroatoms. The van der Waals surface area contributed by atoms with E-state index in [9.17, 15) is 13.2 Å². The summed E-state index contributed by atoms with van der Waals surface area (Å²) in [5, 5.41) is 2.85. The number of rotatable bonds is 7. The fourth-order valence-corrected chi connectivity index (χ4v) is 6.86. The quantitative estimate of drug-likeness (QED) is 0.471. The van der Waals surface area contributed by atoms with E-state index in [0.717, 1.165) is 50.8 Å². The number of benzene rings is 3. The third kappa shape index (κ3) is 5.50. The maximum absolute atomic E-state index is 13.3. The molecular formula is C29H33N3O4S. The number of amides is 1. The number of methoxy groups -OCH3 is 1. The molecule has 0 bridgehead atoms. The van der Waals surface area contributed by atoms with Gasteiger partial charge < -0.3 is 15.0 Å². The third-order valence-electron chi connectivity index (χ3n) is 7.15. The SMILES string of the molecule is COc1ccc(NC(=O)c2ccc(CN3CCCc4ccccc43)cc2)cc1S(=O)(=O)N1CCCCC1. The number of ether oxygens (including phenoxy) is 1. The number of para-hydroxylation sites is 1. The Morgan fingerprint density at radius 1 is 0.919 bits per heavy atom. The van der Waals surface area contributed by atoms with Crippen molar-refractivity contribution < 1.29 is 17.9 Å². The number of hydrogen-bond acceptors (Lipinski definition) is 5. The number of sulfonamides is 1. The Morgan fingerprint density at radius 2 is 1.68 bits per heavy atom. The van der Waals surface area contributed by atoms with Crippen LogP contribution in [0.4, 0.5) is 11.4 Å². The zero-order chi connectivity index (χ0) is 25.8. The second-order valence-corrected chi connectivity index (χ2v) is 11.5. The van der Waals surface area contributed by atoms with Crippen LogP contribution in [-0.2, 0) is 23.0 Å². The van der Waals surface area contributed by atoms with E-state index in [4.69, 9.17) is 4.74 Å². The topological polar surface area (TPSA) is 79.0 Å². The molecule has 3 aromatic rings. The summed E-state index contributed by atoms with van der Waals surface area (Å²) in [6.45, 7) is 2.80. The van der Waals surface area contributed by atoms with Crippen LogP contribution in [0.15, 0.2) is 71.6 Å². The van der Waals surface area contributed by atoms with Crippen LogP contribution in [0.3, 0.4) is 0 Å². The van der Waals surface area contributed by atoms with Crippen LogP contribution in [-0.4, -0.2) is 45.4 Å². The van der Waals surface area contributed by atoms with Crippen molar-refractivity contribution in [3.05, 3.63) is 83.4 Å². The van der Waals surface area contributed by atoms with Crippen molar-refractivity contribution in [3.8, 4) is 5.75 Å². The number of nitrogens with one attached hydrogen (secondary N) is 1. The first kappa shape index (κ1) is 25.3. The average Bonchev–Trinajstić information content (AvgIpc) is 2.94.